The Morgan fingerprint density at radius 2 is 1.72 bits per heavy atom. The van der Waals surface area contributed by atoms with Gasteiger partial charge in [-0.1, -0.05) is 48.5 Å². The number of aliphatic hydroxyl groups excluding tert-OH is 1. The molecule has 0 aliphatic carbocycles. The van der Waals surface area contributed by atoms with Crippen LogP contribution >= 0.6 is 0 Å². The topological polar surface area (TPSA) is 64.6 Å². The van der Waals surface area contributed by atoms with Crippen LogP contribution in [0.5, 0.6) is 0 Å². The molecule has 0 aliphatic heterocycles. The van der Waals surface area contributed by atoms with Crippen molar-refractivity contribution in [1.29, 1.82) is 0 Å². The van der Waals surface area contributed by atoms with Crippen molar-refractivity contribution in [2.45, 2.75) is 39.2 Å². The first kappa shape index (κ1) is 23.1. The van der Waals surface area contributed by atoms with E-state index in [2.05, 4.69) is 10.6 Å². The maximum atomic E-state index is 12.3. The van der Waals surface area contributed by atoms with Crippen LogP contribution in [0.4, 0.5) is 5.69 Å². The molecule has 1 atom stereocenters. The number of likely N-dealkylation sites (N-methyl/N-ethyl adjacent to an activating group) is 1. The number of nitrogens with zero attached hydrogens (tertiary/aromatic N) is 1. The van der Waals surface area contributed by atoms with Gasteiger partial charge in [-0.25, -0.2) is 0 Å². The summed E-state index contributed by atoms with van der Waals surface area (Å²) in [4.78, 5) is 14.3. The van der Waals surface area contributed by atoms with Crippen molar-refractivity contribution in [3.8, 4) is 0 Å². The molecule has 0 aliphatic rings. The van der Waals surface area contributed by atoms with Gasteiger partial charge >= 0.3 is 0 Å². The van der Waals surface area contributed by atoms with Crippen LogP contribution in [0.2, 0.25) is 0 Å². The number of nitrogens with one attached hydrogen (secondary N) is 2. The van der Waals surface area contributed by atoms with Gasteiger partial charge in [0.15, 0.2) is 0 Å². The summed E-state index contributed by atoms with van der Waals surface area (Å²) in [6.45, 7) is 6.92. The van der Waals surface area contributed by atoms with Crippen molar-refractivity contribution < 1.29 is 9.90 Å². The van der Waals surface area contributed by atoms with Crippen LogP contribution in [0, 0.1) is 13.8 Å². The highest BCUT2D eigenvalue weighted by molar-refractivity contribution is 5.93. The number of hydrogen-bond donors (Lipinski definition) is 3. The molecule has 0 saturated heterocycles. The van der Waals surface area contributed by atoms with E-state index in [1.54, 1.807) is 0 Å². The number of rotatable bonds is 12. The van der Waals surface area contributed by atoms with E-state index in [4.69, 9.17) is 0 Å². The smallest absolute Gasteiger partial charge is 0.238 e. The van der Waals surface area contributed by atoms with Crippen LogP contribution < -0.4 is 10.6 Å². The molecule has 158 valence electrons. The number of carbonyl (C=O) groups excluding carboxylic acids is 1. The van der Waals surface area contributed by atoms with Gasteiger partial charge in [0.05, 0.1) is 12.6 Å². The van der Waals surface area contributed by atoms with Gasteiger partial charge in [0, 0.05) is 5.69 Å². The first-order chi connectivity index (χ1) is 14.0. The predicted octanol–water partition coefficient (Wildman–Crippen LogP) is 3.15. The fourth-order valence-corrected chi connectivity index (χ4v) is 3.37. The summed E-state index contributed by atoms with van der Waals surface area (Å²) < 4.78 is 0. The molecule has 29 heavy (non-hydrogen) atoms. The third kappa shape index (κ3) is 8.77. The Morgan fingerprint density at radius 3 is 2.41 bits per heavy atom. The molecule has 0 fully saturated rings. The van der Waals surface area contributed by atoms with Gasteiger partial charge in [0.2, 0.25) is 5.91 Å². The summed E-state index contributed by atoms with van der Waals surface area (Å²) in [6, 6.07) is 16.1. The number of benzene rings is 2. The number of aryl methyl sites for hydroxylation is 2. The molecular formula is C24H35N3O2. The molecule has 1 unspecified atom stereocenters. The van der Waals surface area contributed by atoms with Gasteiger partial charge in [0.25, 0.3) is 0 Å². The largest absolute Gasteiger partial charge is 0.393 e. The third-order valence-electron chi connectivity index (χ3n) is 5.02. The summed E-state index contributed by atoms with van der Waals surface area (Å²) >= 11 is 0. The highest BCUT2D eigenvalue weighted by atomic mass is 16.3. The molecule has 0 radical (unpaired) electrons. The lowest BCUT2D eigenvalue weighted by molar-refractivity contribution is -0.117. The van der Waals surface area contributed by atoms with Crippen molar-refractivity contribution in [1.82, 2.24) is 10.2 Å². The summed E-state index contributed by atoms with van der Waals surface area (Å²) in [5.74, 6) is 0.0156. The summed E-state index contributed by atoms with van der Waals surface area (Å²) in [6.07, 6.45) is 2.08. The molecule has 0 spiro atoms. The Balaban J connectivity index is 1.55. The lowest BCUT2D eigenvalue weighted by Gasteiger charge is -2.18. The molecule has 5 nitrogen and oxygen atoms in total. The molecule has 2 aromatic carbocycles. The highest BCUT2D eigenvalue weighted by Gasteiger charge is 2.10. The number of hydrogen-bond acceptors (Lipinski definition) is 4. The molecule has 3 N–H and O–H groups in total. The summed E-state index contributed by atoms with van der Waals surface area (Å²) in [7, 11) is 1.97. The second-order valence-corrected chi connectivity index (χ2v) is 7.79. The highest BCUT2D eigenvalue weighted by Crippen LogP contribution is 2.19. The summed E-state index contributed by atoms with van der Waals surface area (Å²) in [5, 5.41) is 16.5. The minimum Gasteiger partial charge on any atom is -0.393 e. The fourth-order valence-electron chi connectivity index (χ4n) is 3.37. The zero-order valence-electron chi connectivity index (χ0n) is 17.9. The van der Waals surface area contributed by atoms with Crippen molar-refractivity contribution in [3.63, 3.8) is 0 Å². The van der Waals surface area contributed by atoms with E-state index in [-0.39, 0.29) is 12.0 Å². The van der Waals surface area contributed by atoms with Gasteiger partial charge in [-0.15, -0.1) is 0 Å². The predicted molar refractivity (Wildman–Crippen MR) is 120 cm³/mol. The second-order valence-electron chi connectivity index (χ2n) is 7.79. The van der Waals surface area contributed by atoms with E-state index >= 15 is 0 Å². The molecule has 5 heteroatoms. The third-order valence-corrected chi connectivity index (χ3v) is 5.02. The normalized spacial score (nSPS) is 12.2. The Kier molecular flexibility index (Phi) is 9.84. The zero-order chi connectivity index (χ0) is 21.1. The van der Waals surface area contributed by atoms with Crippen LogP contribution in [-0.2, 0) is 11.2 Å². The van der Waals surface area contributed by atoms with Gasteiger partial charge < -0.3 is 15.7 Å². The van der Waals surface area contributed by atoms with E-state index in [1.807, 2.05) is 74.3 Å². The molecule has 2 rings (SSSR count). The van der Waals surface area contributed by atoms with Crippen LogP contribution in [0.1, 0.15) is 29.5 Å². The number of anilines is 1. The molecule has 0 saturated carbocycles. The van der Waals surface area contributed by atoms with E-state index < -0.39 is 0 Å². The maximum absolute atomic E-state index is 12.3. The average molecular weight is 398 g/mol. The Bertz CT molecular complexity index is 729. The fraction of sp³-hybridized carbons (Fsp3) is 0.458. The SMILES string of the molecule is Cc1cccc(C)c1NC(=O)CN(C)CCCNCCC(O)Cc1ccccc1. The van der Waals surface area contributed by atoms with E-state index in [0.717, 1.165) is 49.3 Å². The number of amides is 1. The lowest BCUT2D eigenvalue weighted by atomic mass is 10.1. The monoisotopic (exact) mass is 397 g/mol. The van der Waals surface area contributed by atoms with E-state index in [9.17, 15) is 9.90 Å². The van der Waals surface area contributed by atoms with Crippen molar-refractivity contribution >= 4 is 11.6 Å². The Morgan fingerprint density at radius 1 is 1.03 bits per heavy atom. The Hall–Kier alpha value is -2.21. The molecular weight excluding hydrogens is 362 g/mol. The quantitative estimate of drug-likeness (QED) is 0.482. The number of aliphatic hydroxyl groups is 1. The van der Waals surface area contributed by atoms with Crippen molar-refractivity contribution in [2.24, 2.45) is 0 Å². The van der Waals surface area contributed by atoms with Crippen LogP contribution in [0.25, 0.3) is 0 Å². The first-order valence-corrected chi connectivity index (χ1v) is 10.4. The van der Waals surface area contributed by atoms with Gasteiger partial charge in [0.1, 0.15) is 0 Å². The van der Waals surface area contributed by atoms with E-state index in [1.165, 1.54) is 5.56 Å². The van der Waals surface area contributed by atoms with Gasteiger partial charge in [-0.3, -0.25) is 9.69 Å². The second kappa shape index (κ2) is 12.4. The number of carbonyl (C=O) groups is 1. The maximum Gasteiger partial charge on any atom is 0.238 e. The van der Waals surface area contributed by atoms with Crippen LogP contribution in [-0.4, -0.2) is 55.2 Å². The molecule has 0 aromatic heterocycles. The first-order valence-electron chi connectivity index (χ1n) is 10.4. The van der Waals surface area contributed by atoms with Crippen molar-refractivity contribution in [2.75, 3.05) is 38.5 Å². The molecule has 2 aromatic rings. The van der Waals surface area contributed by atoms with Crippen molar-refractivity contribution in [3.05, 3.63) is 65.2 Å². The zero-order valence-corrected chi connectivity index (χ0v) is 17.9. The molecule has 0 bridgehead atoms. The standard InChI is InChI=1S/C24H35N3O2/c1-19-9-7-10-20(2)24(19)26-23(29)18-27(3)16-8-14-25-15-13-22(28)17-21-11-5-4-6-12-21/h4-7,9-12,22,25,28H,8,13-18H2,1-3H3,(H,26,29). The molecule has 0 heterocycles. The number of para-hydroxylation sites is 1. The van der Waals surface area contributed by atoms with Gasteiger partial charge in [-0.05, 0) is 76.5 Å². The molecule has 1 amide bonds. The lowest BCUT2D eigenvalue weighted by Crippen LogP contribution is -2.32. The van der Waals surface area contributed by atoms with Gasteiger partial charge in [-0.2, -0.15) is 0 Å². The van der Waals surface area contributed by atoms with Crippen LogP contribution in [0.15, 0.2) is 48.5 Å². The average Bonchev–Trinajstić information content (AvgIpc) is 2.68. The Labute approximate surface area is 175 Å². The minimum absolute atomic E-state index is 0.0156. The summed E-state index contributed by atoms with van der Waals surface area (Å²) in [5.41, 5.74) is 4.25. The minimum atomic E-state index is -0.318. The van der Waals surface area contributed by atoms with Crippen LogP contribution in [0.3, 0.4) is 0 Å². The van der Waals surface area contributed by atoms with E-state index in [0.29, 0.717) is 13.0 Å².